The monoisotopic (exact) mass is 490 g/mol. The van der Waals surface area contributed by atoms with Gasteiger partial charge in [0, 0.05) is 30.6 Å². The van der Waals surface area contributed by atoms with Crippen molar-refractivity contribution in [2.45, 2.75) is 91.6 Å². The molecule has 0 bridgehead atoms. The average Bonchev–Trinajstić information content (AvgIpc) is 3.17. The molecule has 4 fully saturated rings. The van der Waals surface area contributed by atoms with Crippen molar-refractivity contribution in [3.05, 3.63) is 0 Å². The molecule has 4 rings (SSSR count). The molecule has 0 saturated heterocycles. The van der Waals surface area contributed by atoms with E-state index in [1.54, 1.807) is 6.92 Å². The van der Waals surface area contributed by atoms with Gasteiger partial charge >= 0.3 is 12.1 Å². The highest BCUT2D eigenvalue weighted by Gasteiger charge is 2.66. The summed E-state index contributed by atoms with van der Waals surface area (Å²) in [5, 5.41) is 0. The molecule has 0 heterocycles. The summed E-state index contributed by atoms with van der Waals surface area (Å²) in [6.07, 6.45) is 5.25. The Kier molecular flexibility index (Phi) is 7.36. The Bertz CT molecular complexity index is 867. The van der Waals surface area contributed by atoms with Gasteiger partial charge in [-0.15, -0.1) is 0 Å². The molecule has 0 amide bonds. The van der Waals surface area contributed by atoms with Gasteiger partial charge in [-0.05, 0) is 80.5 Å². The van der Waals surface area contributed by atoms with Gasteiger partial charge in [-0.3, -0.25) is 14.4 Å². The molecule has 4 aliphatic rings. The van der Waals surface area contributed by atoms with Crippen LogP contribution in [-0.2, 0) is 28.6 Å². The summed E-state index contributed by atoms with van der Waals surface area (Å²) in [6.45, 7) is 8.55. The summed E-state index contributed by atoms with van der Waals surface area (Å²) in [7, 11) is 1.41. The van der Waals surface area contributed by atoms with Crippen molar-refractivity contribution in [1.82, 2.24) is 0 Å². The third-order valence-corrected chi connectivity index (χ3v) is 10.6. The Morgan fingerprint density at radius 2 is 1.83 bits per heavy atom. The average molecular weight is 491 g/mol. The molecule has 0 radical (unpaired) electrons. The second-order valence-corrected chi connectivity index (χ2v) is 12.0. The summed E-state index contributed by atoms with van der Waals surface area (Å²) in [4.78, 5) is 51.1. The van der Waals surface area contributed by atoms with Gasteiger partial charge in [0.15, 0.2) is 0 Å². The van der Waals surface area contributed by atoms with Gasteiger partial charge in [-0.2, -0.15) is 0 Å². The third-order valence-electron chi connectivity index (χ3n) is 10.6. The van der Waals surface area contributed by atoms with E-state index < -0.39 is 11.6 Å². The van der Waals surface area contributed by atoms with Gasteiger partial charge < -0.3 is 14.2 Å². The van der Waals surface area contributed by atoms with Crippen molar-refractivity contribution in [3.63, 3.8) is 0 Å². The van der Waals surface area contributed by atoms with Crippen LogP contribution in [0.3, 0.4) is 0 Å². The summed E-state index contributed by atoms with van der Waals surface area (Å²) in [5.41, 5.74) is -0.599. The first-order valence-corrected chi connectivity index (χ1v) is 13.5. The first-order chi connectivity index (χ1) is 16.6. The highest BCUT2D eigenvalue weighted by atomic mass is 16.7. The van der Waals surface area contributed by atoms with Crippen LogP contribution in [0.1, 0.15) is 85.5 Å². The fourth-order valence-electron chi connectivity index (χ4n) is 8.60. The van der Waals surface area contributed by atoms with E-state index >= 15 is 0 Å². The highest BCUT2D eigenvalue weighted by molar-refractivity contribution is 5.92. The summed E-state index contributed by atoms with van der Waals surface area (Å²) < 4.78 is 15.3. The summed E-state index contributed by atoms with van der Waals surface area (Å²) >= 11 is 0. The number of ketones is 2. The number of Topliss-reactive ketones (excluding diaryl/α,β-unsaturated/α-hetero) is 2. The zero-order valence-electron chi connectivity index (χ0n) is 22.0. The second kappa shape index (κ2) is 9.85. The minimum absolute atomic E-state index is 0.0620. The van der Waals surface area contributed by atoms with Crippen molar-refractivity contribution < 1.29 is 33.4 Å². The lowest BCUT2D eigenvalue weighted by molar-refractivity contribution is -0.169. The predicted octanol–water partition coefficient (Wildman–Crippen LogP) is 5.13. The number of rotatable bonds is 6. The van der Waals surface area contributed by atoms with Gasteiger partial charge in [0.1, 0.15) is 17.7 Å². The van der Waals surface area contributed by atoms with E-state index in [9.17, 15) is 19.2 Å². The number of hydrogen-bond donors (Lipinski definition) is 0. The van der Waals surface area contributed by atoms with E-state index in [1.165, 1.54) is 7.11 Å². The van der Waals surface area contributed by atoms with Crippen molar-refractivity contribution in [2.24, 2.45) is 46.3 Å². The van der Waals surface area contributed by atoms with Crippen LogP contribution < -0.4 is 0 Å². The molecule has 0 spiro atoms. The Morgan fingerprint density at radius 1 is 1.09 bits per heavy atom. The molecule has 0 aromatic carbocycles. The zero-order chi connectivity index (χ0) is 25.5. The number of carbonyl (C=O) groups is 4. The number of carbonyl (C=O) groups excluding carboxylic acids is 4. The first-order valence-electron chi connectivity index (χ1n) is 13.5. The number of hydrogen-bond acceptors (Lipinski definition) is 7. The lowest BCUT2D eigenvalue weighted by Gasteiger charge is -2.59. The minimum atomic E-state index is -0.636. The van der Waals surface area contributed by atoms with Crippen LogP contribution in [0.25, 0.3) is 0 Å². The largest absolute Gasteiger partial charge is 0.508 e. The molecule has 0 aromatic heterocycles. The summed E-state index contributed by atoms with van der Waals surface area (Å²) in [6, 6.07) is 0. The molecule has 0 aromatic rings. The molecule has 9 atom stereocenters. The van der Waals surface area contributed by atoms with Gasteiger partial charge in [0.05, 0.1) is 13.7 Å². The Balaban J connectivity index is 1.52. The second-order valence-electron chi connectivity index (χ2n) is 12.0. The van der Waals surface area contributed by atoms with Crippen LogP contribution in [0, 0.1) is 46.3 Å². The van der Waals surface area contributed by atoms with Gasteiger partial charge in [-0.25, -0.2) is 4.79 Å². The van der Waals surface area contributed by atoms with Crippen molar-refractivity contribution >= 4 is 23.7 Å². The topological polar surface area (TPSA) is 96.0 Å². The minimum Gasteiger partial charge on any atom is -0.469 e. The quantitative estimate of drug-likeness (QED) is 0.476. The fourth-order valence-corrected chi connectivity index (χ4v) is 8.60. The van der Waals surface area contributed by atoms with Gasteiger partial charge in [0.2, 0.25) is 0 Å². The van der Waals surface area contributed by atoms with Gasteiger partial charge in [0.25, 0.3) is 0 Å². The summed E-state index contributed by atoms with van der Waals surface area (Å²) in [5.74, 6) is 0.994. The molecule has 196 valence electrons. The number of esters is 1. The maximum absolute atomic E-state index is 13.9. The van der Waals surface area contributed by atoms with Gasteiger partial charge in [-0.1, -0.05) is 20.8 Å². The van der Waals surface area contributed by atoms with Crippen molar-refractivity contribution in [2.75, 3.05) is 13.7 Å². The molecular weight excluding hydrogens is 448 g/mol. The molecule has 7 nitrogen and oxygen atoms in total. The molecule has 35 heavy (non-hydrogen) atoms. The Labute approximate surface area is 209 Å². The normalized spacial score (nSPS) is 41.3. The van der Waals surface area contributed by atoms with Crippen LogP contribution in [0.15, 0.2) is 0 Å². The van der Waals surface area contributed by atoms with Crippen LogP contribution in [0.2, 0.25) is 0 Å². The molecular formula is C28H42O7. The van der Waals surface area contributed by atoms with E-state index in [4.69, 9.17) is 14.2 Å². The molecule has 4 saturated carbocycles. The highest BCUT2D eigenvalue weighted by Crippen LogP contribution is 2.66. The standard InChI is InChI=1S/C28H42O7/c1-6-34-26(32)35-18-11-12-27(3)17(13-18)14-22(29)25-20-9-8-19(16(2)7-10-24(31)33-5)28(20,4)23(30)15-21(25)27/h16-21,25H,6-15H2,1-5H3/t16?,17?,18-,19?,20?,21?,25?,27?,28?/m1/s1. The number of ether oxygens (including phenoxy) is 3. The lowest BCUT2D eigenvalue weighted by atomic mass is 9.43. The Morgan fingerprint density at radius 3 is 2.51 bits per heavy atom. The SMILES string of the molecule is CCOC(=O)O[C@@H]1CCC2(C)C(CC(=O)C3C2CC(=O)C2(C)C(C(C)CCC(=O)OC)CCC32)C1. The van der Waals surface area contributed by atoms with Crippen LogP contribution in [0.4, 0.5) is 4.79 Å². The predicted molar refractivity (Wildman–Crippen MR) is 128 cm³/mol. The Hall–Kier alpha value is -1.92. The number of fused-ring (bicyclic) bond motifs is 5. The molecule has 8 unspecified atom stereocenters. The maximum atomic E-state index is 13.9. The van der Waals surface area contributed by atoms with E-state index in [-0.39, 0.29) is 59.6 Å². The third kappa shape index (κ3) is 4.42. The number of methoxy groups -OCH3 is 1. The molecule has 7 heteroatoms. The first kappa shape index (κ1) is 26.2. The van der Waals surface area contributed by atoms with Crippen molar-refractivity contribution in [1.29, 1.82) is 0 Å². The smallest absolute Gasteiger partial charge is 0.469 e. The van der Waals surface area contributed by atoms with E-state index in [1.807, 2.05) is 0 Å². The van der Waals surface area contributed by atoms with Crippen molar-refractivity contribution in [3.8, 4) is 0 Å². The molecule has 4 aliphatic carbocycles. The lowest BCUT2D eigenvalue weighted by Crippen LogP contribution is -2.60. The van der Waals surface area contributed by atoms with E-state index in [0.717, 1.165) is 25.7 Å². The maximum Gasteiger partial charge on any atom is 0.508 e. The van der Waals surface area contributed by atoms with Crippen LogP contribution >= 0.6 is 0 Å². The molecule has 0 aliphatic heterocycles. The zero-order valence-corrected chi connectivity index (χ0v) is 22.0. The molecule has 0 N–H and O–H groups in total. The van der Waals surface area contributed by atoms with Crippen LogP contribution in [-0.4, -0.2) is 43.5 Å². The van der Waals surface area contributed by atoms with Crippen LogP contribution in [0.5, 0.6) is 0 Å². The van der Waals surface area contributed by atoms with E-state index in [0.29, 0.717) is 43.7 Å². The fraction of sp³-hybridized carbons (Fsp3) is 0.857. The van der Waals surface area contributed by atoms with E-state index in [2.05, 4.69) is 20.8 Å².